The SMILES string of the molecule is CC(C)(C)OC(=O)N1CC2(CC2)C[C@H]1C(=O)N1CC2(CCN(c3ncnc4sc(CC(F)(F)F)cc34)C2)C1. The lowest BCUT2D eigenvalue weighted by Gasteiger charge is -2.49. The number of nitrogens with zero attached hydrogens (tertiary/aromatic N) is 5. The molecule has 38 heavy (non-hydrogen) atoms. The van der Waals surface area contributed by atoms with Crippen LogP contribution in [0.1, 0.15) is 51.3 Å². The molecule has 2 spiro atoms. The van der Waals surface area contributed by atoms with Gasteiger partial charge in [0.25, 0.3) is 0 Å². The fraction of sp³-hybridized carbons (Fsp3) is 0.692. The minimum Gasteiger partial charge on any atom is -0.444 e. The number of ether oxygens (including phenoxy) is 1. The summed E-state index contributed by atoms with van der Waals surface area (Å²) in [5.41, 5.74) is -0.640. The van der Waals surface area contributed by atoms with E-state index in [-0.39, 0.29) is 21.6 Å². The van der Waals surface area contributed by atoms with Gasteiger partial charge in [0, 0.05) is 43.0 Å². The van der Waals surface area contributed by atoms with Crippen LogP contribution >= 0.6 is 11.3 Å². The fourth-order valence-electron chi connectivity index (χ4n) is 6.26. The molecular formula is C26H32F3N5O3S. The van der Waals surface area contributed by atoms with E-state index < -0.39 is 30.3 Å². The number of halogens is 3. The first kappa shape index (κ1) is 25.6. The van der Waals surface area contributed by atoms with E-state index in [9.17, 15) is 22.8 Å². The highest BCUT2D eigenvalue weighted by atomic mass is 32.1. The van der Waals surface area contributed by atoms with Crippen molar-refractivity contribution < 1.29 is 27.5 Å². The van der Waals surface area contributed by atoms with E-state index in [4.69, 9.17) is 4.74 Å². The van der Waals surface area contributed by atoms with Crippen LogP contribution in [0.3, 0.4) is 0 Å². The molecule has 3 aliphatic heterocycles. The number of alkyl halides is 3. The summed E-state index contributed by atoms with van der Waals surface area (Å²) in [4.78, 5) is 41.5. The maximum absolute atomic E-state index is 13.6. The predicted octanol–water partition coefficient (Wildman–Crippen LogP) is 4.62. The maximum atomic E-state index is 13.6. The van der Waals surface area contributed by atoms with Crippen LogP contribution < -0.4 is 4.90 Å². The van der Waals surface area contributed by atoms with E-state index in [0.29, 0.717) is 48.6 Å². The van der Waals surface area contributed by atoms with Crippen molar-refractivity contribution in [1.82, 2.24) is 19.8 Å². The Balaban J connectivity index is 1.12. The average molecular weight is 552 g/mol. The lowest BCUT2D eigenvalue weighted by molar-refractivity contribution is -0.147. The third-order valence-electron chi connectivity index (χ3n) is 8.21. The zero-order valence-electron chi connectivity index (χ0n) is 21.8. The van der Waals surface area contributed by atoms with Crippen molar-refractivity contribution in [2.45, 2.75) is 70.7 Å². The number of thiophene rings is 1. The molecule has 6 rings (SSSR count). The summed E-state index contributed by atoms with van der Waals surface area (Å²) in [6, 6.07) is 1.07. The van der Waals surface area contributed by atoms with E-state index in [2.05, 4.69) is 14.9 Å². The minimum absolute atomic E-state index is 0.0113. The number of anilines is 1. The normalized spacial score (nSPS) is 23.9. The van der Waals surface area contributed by atoms with Crippen LogP contribution in [0.2, 0.25) is 0 Å². The van der Waals surface area contributed by atoms with E-state index in [1.54, 1.807) is 11.0 Å². The third kappa shape index (κ3) is 4.80. The van der Waals surface area contributed by atoms with Crippen LogP contribution in [-0.4, -0.2) is 82.3 Å². The first-order valence-electron chi connectivity index (χ1n) is 13.1. The zero-order valence-corrected chi connectivity index (χ0v) is 22.6. The standard InChI is InChI=1S/C26H32F3N5O3S/c1-23(2,3)37-22(36)34-14-24(4-5-24)10-18(34)21(35)33-12-25(13-33)6-7-32(11-25)19-17-8-16(9-26(27,28)29)38-20(17)31-15-30-19/h8,15,18H,4-7,9-14H2,1-3H3/t18-/m0/s1. The first-order chi connectivity index (χ1) is 17.7. The Bertz CT molecular complexity index is 1280. The molecule has 0 radical (unpaired) electrons. The van der Waals surface area contributed by atoms with Gasteiger partial charge >= 0.3 is 12.3 Å². The van der Waals surface area contributed by atoms with Crippen LogP contribution in [-0.2, 0) is 16.0 Å². The summed E-state index contributed by atoms with van der Waals surface area (Å²) in [6.45, 7) is 8.66. The van der Waals surface area contributed by atoms with Gasteiger partial charge in [0.2, 0.25) is 5.91 Å². The summed E-state index contributed by atoms with van der Waals surface area (Å²) in [5.74, 6) is 0.645. The van der Waals surface area contributed by atoms with Gasteiger partial charge in [-0.1, -0.05) is 0 Å². The molecule has 8 nitrogen and oxygen atoms in total. The van der Waals surface area contributed by atoms with Crippen LogP contribution in [0.5, 0.6) is 0 Å². The lowest BCUT2D eigenvalue weighted by atomic mass is 9.78. The van der Waals surface area contributed by atoms with Crippen molar-refractivity contribution in [2.24, 2.45) is 10.8 Å². The second kappa shape index (κ2) is 8.43. The monoisotopic (exact) mass is 551 g/mol. The molecule has 206 valence electrons. The summed E-state index contributed by atoms with van der Waals surface area (Å²) in [6.07, 6.45) is -0.625. The third-order valence-corrected chi connectivity index (χ3v) is 9.26. The molecular weight excluding hydrogens is 519 g/mol. The number of likely N-dealkylation sites (tertiary alicyclic amines) is 2. The van der Waals surface area contributed by atoms with E-state index in [1.807, 2.05) is 25.7 Å². The second-order valence-corrected chi connectivity index (χ2v) is 13.7. The summed E-state index contributed by atoms with van der Waals surface area (Å²) >= 11 is 1.05. The van der Waals surface area contributed by atoms with Crippen molar-refractivity contribution in [3.63, 3.8) is 0 Å². The molecule has 5 heterocycles. The van der Waals surface area contributed by atoms with Crippen LogP contribution in [0.15, 0.2) is 12.4 Å². The molecule has 2 amide bonds. The smallest absolute Gasteiger partial charge is 0.410 e. The van der Waals surface area contributed by atoms with Gasteiger partial charge in [-0.3, -0.25) is 9.69 Å². The molecule has 1 aliphatic carbocycles. The molecule has 2 aromatic heterocycles. The quantitative estimate of drug-likeness (QED) is 0.554. The summed E-state index contributed by atoms with van der Waals surface area (Å²) in [7, 11) is 0. The minimum atomic E-state index is -4.27. The van der Waals surface area contributed by atoms with Crippen LogP contribution in [0, 0.1) is 10.8 Å². The van der Waals surface area contributed by atoms with Gasteiger partial charge in [0.05, 0.1) is 11.8 Å². The van der Waals surface area contributed by atoms with Crippen molar-refractivity contribution in [3.8, 4) is 0 Å². The van der Waals surface area contributed by atoms with Crippen LogP contribution in [0.4, 0.5) is 23.8 Å². The molecule has 3 saturated heterocycles. The van der Waals surface area contributed by atoms with Gasteiger partial charge in [-0.15, -0.1) is 11.3 Å². The number of fused-ring (bicyclic) bond motifs is 1. The number of aromatic nitrogens is 2. The number of hydrogen-bond acceptors (Lipinski definition) is 7. The van der Waals surface area contributed by atoms with E-state index >= 15 is 0 Å². The van der Waals surface area contributed by atoms with Gasteiger partial charge in [0.15, 0.2) is 0 Å². The summed E-state index contributed by atoms with van der Waals surface area (Å²) in [5, 5.41) is 0.648. The average Bonchev–Trinajstić information content (AvgIpc) is 3.11. The number of rotatable bonds is 3. The van der Waals surface area contributed by atoms with Crippen molar-refractivity contribution in [3.05, 3.63) is 17.3 Å². The Morgan fingerprint density at radius 1 is 1.08 bits per heavy atom. The van der Waals surface area contributed by atoms with Crippen molar-refractivity contribution in [1.29, 1.82) is 0 Å². The van der Waals surface area contributed by atoms with Gasteiger partial charge in [-0.2, -0.15) is 13.2 Å². The molecule has 0 N–H and O–H groups in total. The van der Waals surface area contributed by atoms with Gasteiger partial charge in [0.1, 0.15) is 28.6 Å². The molecule has 12 heteroatoms. The molecule has 1 atom stereocenters. The van der Waals surface area contributed by atoms with Crippen molar-refractivity contribution in [2.75, 3.05) is 37.6 Å². The summed E-state index contributed by atoms with van der Waals surface area (Å²) < 4.78 is 44.4. The van der Waals surface area contributed by atoms with Gasteiger partial charge in [-0.25, -0.2) is 14.8 Å². The van der Waals surface area contributed by atoms with Crippen molar-refractivity contribution >= 4 is 39.4 Å². The largest absolute Gasteiger partial charge is 0.444 e. The molecule has 4 fully saturated rings. The number of carbonyl (C=O) groups is 2. The van der Waals surface area contributed by atoms with Crippen LogP contribution in [0.25, 0.3) is 10.2 Å². The number of carbonyl (C=O) groups excluding carboxylic acids is 2. The zero-order chi connectivity index (χ0) is 27.1. The van der Waals surface area contributed by atoms with Gasteiger partial charge in [-0.05, 0) is 57.9 Å². The Morgan fingerprint density at radius 3 is 2.47 bits per heavy atom. The first-order valence-corrected chi connectivity index (χ1v) is 13.9. The number of amides is 2. The van der Waals surface area contributed by atoms with E-state index in [0.717, 1.165) is 37.1 Å². The Hall–Kier alpha value is -2.63. The molecule has 2 aromatic rings. The maximum Gasteiger partial charge on any atom is 0.410 e. The Morgan fingerprint density at radius 2 is 1.82 bits per heavy atom. The fourth-order valence-corrected chi connectivity index (χ4v) is 7.28. The van der Waals surface area contributed by atoms with E-state index in [1.165, 1.54) is 6.33 Å². The molecule has 1 saturated carbocycles. The molecule has 0 aromatic carbocycles. The molecule has 0 unspecified atom stereocenters. The molecule has 4 aliphatic rings. The predicted molar refractivity (Wildman–Crippen MR) is 136 cm³/mol. The lowest BCUT2D eigenvalue weighted by Crippen LogP contribution is -2.63. The highest BCUT2D eigenvalue weighted by molar-refractivity contribution is 7.18. The Kier molecular flexibility index (Phi) is 5.69. The Labute approximate surface area is 223 Å². The number of hydrogen-bond donors (Lipinski definition) is 0. The van der Waals surface area contributed by atoms with Gasteiger partial charge < -0.3 is 14.5 Å². The highest BCUT2D eigenvalue weighted by Crippen LogP contribution is 2.55. The second-order valence-electron chi connectivity index (χ2n) is 12.6. The topological polar surface area (TPSA) is 78.9 Å². The highest BCUT2D eigenvalue weighted by Gasteiger charge is 2.58. The molecule has 0 bridgehead atoms.